The normalized spacial score (nSPS) is 20.0. The number of sulfonamides is 1. The number of hydrogen-bond donors (Lipinski definition) is 2. The molecule has 2 saturated heterocycles. The first-order valence-electron chi connectivity index (χ1n) is 9.67. The molecule has 1 unspecified atom stereocenters. The van der Waals surface area contributed by atoms with E-state index in [9.17, 15) is 18.0 Å². The van der Waals surface area contributed by atoms with Crippen LogP contribution in [0.2, 0.25) is 4.34 Å². The van der Waals surface area contributed by atoms with Crippen molar-refractivity contribution in [2.24, 2.45) is 0 Å². The van der Waals surface area contributed by atoms with Gasteiger partial charge in [-0.15, -0.1) is 11.3 Å². The van der Waals surface area contributed by atoms with E-state index in [0.717, 1.165) is 0 Å². The Morgan fingerprint density at radius 3 is 2.55 bits per heavy atom. The Morgan fingerprint density at radius 1 is 1.19 bits per heavy atom. The summed E-state index contributed by atoms with van der Waals surface area (Å²) in [5, 5.41) is 5.86. The molecule has 1 aromatic carbocycles. The Labute approximate surface area is 189 Å². The molecule has 2 fully saturated rings. The summed E-state index contributed by atoms with van der Waals surface area (Å²) in [5.41, 5.74) is 0.531. The number of amides is 2. The van der Waals surface area contributed by atoms with Crippen molar-refractivity contribution in [1.82, 2.24) is 14.9 Å². The van der Waals surface area contributed by atoms with E-state index in [2.05, 4.69) is 10.6 Å². The highest BCUT2D eigenvalue weighted by Crippen LogP contribution is 2.25. The number of ether oxygens (including phenoxy) is 1. The fourth-order valence-corrected chi connectivity index (χ4v) is 5.80. The van der Waals surface area contributed by atoms with Crippen LogP contribution in [-0.4, -0.2) is 70.1 Å². The Bertz CT molecular complexity index is 1070. The van der Waals surface area contributed by atoms with Crippen molar-refractivity contribution in [3.05, 3.63) is 45.6 Å². The van der Waals surface area contributed by atoms with E-state index in [1.165, 1.54) is 32.7 Å². The first kappa shape index (κ1) is 22.0. The number of nitrogens with one attached hydrogen (secondary N) is 2. The summed E-state index contributed by atoms with van der Waals surface area (Å²) < 4.78 is 32.8. The molecule has 2 N–H and O–H groups in total. The summed E-state index contributed by atoms with van der Waals surface area (Å²) in [5.74, 6) is -0.283. The number of piperazine rings is 1. The van der Waals surface area contributed by atoms with E-state index < -0.39 is 22.2 Å². The fourth-order valence-electron chi connectivity index (χ4n) is 3.40. The average Bonchev–Trinajstić information content (AvgIpc) is 3.38. The van der Waals surface area contributed by atoms with Crippen molar-refractivity contribution in [1.29, 1.82) is 0 Å². The number of nitrogens with zero attached hydrogens (tertiary/aromatic N) is 2. The maximum Gasteiger partial charge on any atom is 0.414 e. The van der Waals surface area contributed by atoms with Crippen LogP contribution < -0.4 is 15.5 Å². The number of rotatable bonds is 6. The van der Waals surface area contributed by atoms with Crippen molar-refractivity contribution in [2.75, 3.05) is 44.2 Å². The lowest BCUT2D eigenvalue weighted by molar-refractivity contribution is 0.0920. The third-order valence-electron chi connectivity index (χ3n) is 5.02. The van der Waals surface area contributed by atoms with Crippen molar-refractivity contribution >= 4 is 50.6 Å². The van der Waals surface area contributed by atoms with Crippen LogP contribution in [0.4, 0.5) is 10.5 Å². The van der Waals surface area contributed by atoms with E-state index in [1.54, 1.807) is 24.3 Å². The van der Waals surface area contributed by atoms with Gasteiger partial charge in [-0.3, -0.25) is 9.69 Å². The number of hydrogen-bond acceptors (Lipinski definition) is 7. The van der Waals surface area contributed by atoms with E-state index in [4.69, 9.17) is 16.3 Å². The molecule has 0 radical (unpaired) electrons. The van der Waals surface area contributed by atoms with E-state index in [-0.39, 0.29) is 23.9 Å². The molecule has 12 heteroatoms. The first-order chi connectivity index (χ1) is 14.8. The molecule has 0 bridgehead atoms. The molecule has 0 aliphatic carbocycles. The van der Waals surface area contributed by atoms with Gasteiger partial charge in [-0.1, -0.05) is 11.6 Å². The van der Waals surface area contributed by atoms with Gasteiger partial charge in [0.05, 0.1) is 27.2 Å². The summed E-state index contributed by atoms with van der Waals surface area (Å²) in [6.07, 6.45) is -1.06. The highest BCUT2D eigenvalue weighted by atomic mass is 35.5. The minimum absolute atomic E-state index is 0.159. The molecular formula is C19H21ClN4O5S2. The maximum absolute atomic E-state index is 12.7. The second kappa shape index (κ2) is 9.13. The largest absolute Gasteiger partial charge is 0.442 e. The monoisotopic (exact) mass is 484 g/mol. The summed E-state index contributed by atoms with van der Waals surface area (Å²) in [6, 6.07) is 9.44. The smallest absolute Gasteiger partial charge is 0.414 e. The van der Waals surface area contributed by atoms with Crippen LogP contribution in [0.15, 0.2) is 41.3 Å². The maximum atomic E-state index is 12.7. The van der Waals surface area contributed by atoms with Crippen LogP contribution in [0.5, 0.6) is 0 Å². The van der Waals surface area contributed by atoms with Gasteiger partial charge in [0.2, 0.25) is 10.0 Å². The number of cyclic esters (lactones) is 1. The Hall–Kier alpha value is -2.18. The Balaban J connectivity index is 1.37. The van der Waals surface area contributed by atoms with Gasteiger partial charge in [-0.25, -0.2) is 13.2 Å². The molecule has 2 aliphatic rings. The van der Waals surface area contributed by atoms with Crippen LogP contribution >= 0.6 is 22.9 Å². The number of thiophene rings is 1. The van der Waals surface area contributed by atoms with Crippen LogP contribution in [-0.2, 0) is 14.8 Å². The first-order valence-corrected chi connectivity index (χ1v) is 12.3. The highest BCUT2D eigenvalue weighted by molar-refractivity contribution is 7.89. The molecule has 0 spiro atoms. The third kappa shape index (κ3) is 4.85. The Morgan fingerprint density at radius 2 is 1.90 bits per heavy atom. The fraction of sp³-hybridized carbons (Fsp3) is 0.368. The van der Waals surface area contributed by atoms with Crippen molar-refractivity contribution in [3.63, 3.8) is 0 Å². The van der Waals surface area contributed by atoms with Crippen molar-refractivity contribution < 1.29 is 22.7 Å². The lowest BCUT2D eigenvalue weighted by atomic mass is 10.2. The van der Waals surface area contributed by atoms with E-state index in [0.29, 0.717) is 41.1 Å². The molecular weight excluding hydrogens is 464 g/mol. The zero-order chi connectivity index (χ0) is 22.0. The van der Waals surface area contributed by atoms with Crippen LogP contribution in [0.1, 0.15) is 9.67 Å². The second-order valence-electron chi connectivity index (χ2n) is 7.08. The minimum atomic E-state index is -3.57. The van der Waals surface area contributed by atoms with E-state index in [1.807, 2.05) is 0 Å². The van der Waals surface area contributed by atoms with Gasteiger partial charge < -0.3 is 15.4 Å². The molecule has 0 saturated carbocycles. The lowest BCUT2D eigenvalue weighted by Gasteiger charge is -2.26. The molecule has 2 aromatic rings. The molecule has 3 heterocycles. The van der Waals surface area contributed by atoms with Crippen LogP contribution in [0, 0.1) is 0 Å². The molecule has 2 aliphatic heterocycles. The molecule has 1 atom stereocenters. The molecule has 2 amide bonds. The van der Waals surface area contributed by atoms with Crippen molar-refractivity contribution in [2.45, 2.75) is 11.0 Å². The van der Waals surface area contributed by atoms with Crippen LogP contribution in [0.25, 0.3) is 0 Å². The molecule has 9 nitrogen and oxygen atoms in total. The zero-order valence-electron chi connectivity index (χ0n) is 16.4. The van der Waals surface area contributed by atoms with Gasteiger partial charge >= 0.3 is 6.09 Å². The Kier molecular flexibility index (Phi) is 6.49. The van der Waals surface area contributed by atoms with Gasteiger partial charge in [0.1, 0.15) is 6.10 Å². The number of benzene rings is 1. The standard InChI is InChI=1S/C19H21ClN4O5S2/c20-17-6-5-16(30-17)18(25)22-11-14-12-24(19(26)29-14)13-1-3-15(4-2-13)31(27,28)23-9-7-21-8-10-23/h1-6,14,21H,7-12H2,(H,22,25). The summed E-state index contributed by atoms with van der Waals surface area (Å²) >= 11 is 7.01. The topological polar surface area (TPSA) is 108 Å². The summed E-state index contributed by atoms with van der Waals surface area (Å²) in [6.45, 7) is 2.49. The zero-order valence-corrected chi connectivity index (χ0v) is 18.8. The average molecular weight is 485 g/mol. The van der Waals surface area contributed by atoms with Crippen LogP contribution in [0.3, 0.4) is 0 Å². The SMILES string of the molecule is O=C(NCC1CN(c2ccc(S(=O)(=O)N3CCNCC3)cc2)C(=O)O1)c1ccc(Cl)s1. The highest BCUT2D eigenvalue weighted by Gasteiger charge is 2.33. The summed E-state index contributed by atoms with van der Waals surface area (Å²) in [4.78, 5) is 26.5. The number of carbonyl (C=O) groups excluding carboxylic acids is 2. The van der Waals surface area contributed by atoms with Gasteiger partial charge in [-0.05, 0) is 36.4 Å². The molecule has 31 heavy (non-hydrogen) atoms. The van der Waals surface area contributed by atoms with Gasteiger partial charge in [-0.2, -0.15) is 4.31 Å². The number of carbonyl (C=O) groups is 2. The minimum Gasteiger partial charge on any atom is -0.442 e. The third-order valence-corrected chi connectivity index (χ3v) is 8.17. The van der Waals surface area contributed by atoms with Gasteiger partial charge in [0.25, 0.3) is 5.91 Å². The number of anilines is 1. The number of halogens is 1. The van der Waals surface area contributed by atoms with Gasteiger partial charge in [0, 0.05) is 31.9 Å². The summed E-state index contributed by atoms with van der Waals surface area (Å²) in [7, 11) is -3.57. The molecule has 1 aromatic heterocycles. The van der Waals surface area contributed by atoms with E-state index >= 15 is 0 Å². The quantitative estimate of drug-likeness (QED) is 0.646. The molecule has 4 rings (SSSR count). The lowest BCUT2D eigenvalue weighted by Crippen LogP contribution is -2.46. The predicted octanol–water partition coefficient (Wildman–Crippen LogP) is 1.75. The van der Waals surface area contributed by atoms with Crippen molar-refractivity contribution in [3.8, 4) is 0 Å². The second-order valence-corrected chi connectivity index (χ2v) is 10.7. The van der Waals surface area contributed by atoms with Gasteiger partial charge in [0.15, 0.2) is 0 Å². The molecule has 166 valence electrons. The predicted molar refractivity (Wildman–Crippen MR) is 117 cm³/mol.